The summed E-state index contributed by atoms with van der Waals surface area (Å²) in [7, 11) is 0. The van der Waals surface area contributed by atoms with Crippen LogP contribution in [0.3, 0.4) is 0 Å². The second kappa shape index (κ2) is 5.86. The van der Waals surface area contributed by atoms with Gasteiger partial charge in [-0.2, -0.15) is 0 Å². The van der Waals surface area contributed by atoms with Crippen molar-refractivity contribution in [2.75, 3.05) is 11.1 Å². The number of aromatic nitrogens is 3. The van der Waals surface area contributed by atoms with Crippen molar-refractivity contribution in [1.82, 2.24) is 14.4 Å². The van der Waals surface area contributed by atoms with E-state index in [1.807, 2.05) is 65.3 Å². The molecule has 2 heterocycles. The fraction of sp³-hybridized carbons (Fsp3) is 0. The fourth-order valence-electron chi connectivity index (χ4n) is 2.54. The highest BCUT2D eigenvalue weighted by Crippen LogP contribution is 2.26. The Morgan fingerprint density at radius 2 is 1.71 bits per heavy atom. The summed E-state index contributed by atoms with van der Waals surface area (Å²) in [5, 5.41) is 3.97. The van der Waals surface area contributed by atoms with Crippen molar-refractivity contribution in [2.24, 2.45) is 0 Å². The molecule has 0 saturated carbocycles. The molecule has 0 unspecified atom stereocenters. The molecule has 0 spiro atoms. The highest BCUT2D eigenvalue weighted by Gasteiger charge is 2.10. The number of halogens is 1. The van der Waals surface area contributed by atoms with Crippen LogP contribution in [0.2, 0.25) is 5.02 Å². The Hall–Kier alpha value is -3.05. The Labute approximate surface area is 143 Å². The molecule has 118 valence electrons. The number of hydrogen-bond donors (Lipinski definition) is 2. The van der Waals surface area contributed by atoms with E-state index >= 15 is 0 Å². The smallest absolute Gasteiger partial charge is 0.180 e. The predicted octanol–water partition coefficient (Wildman–Crippen LogP) is 4.38. The highest BCUT2D eigenvalue weighted by molar-refractivity contribution is 6.30. The molecule has 0 atom stereocenters. The Morgan fingerprint density at radius 1 is 0.958 bits per heavy atom. The normalized spacial score (nSPS) is 10.9. The second-order valence-corrected chi connectivity index (χ2v) is 5.80. The number of benzene rings is 2. The summed E-state index contributed by atoms with van der Waals surface area (Å²) >= 11 is 5.92. The van der Waals surface area contributed by atoms with E-state index in [9.17, 15) is 0 Å². The first-order valence-corrected chi connectivity index (χ1v) is 7.79. The minimum atomic E-state index is 0.682. The van der Waals surface area contributed by atoms with Gasteiger partial charge in [0.2, 0.25) is 0 Å². The molecule has 2 aromatic heterocycles. The molecule has 0 saturated heterocycles. The second-order valence-electron chi connectivity index (χ2n) is 5.37. The van der Waals surface area contributed by atoms with E-state index in [4.69, 9.17) is 17.3 Å². The van der Waals surface area contributed by atoms with Crippen molar-refractivity contribution < 1.29 is 0 Å². The average Bonchev–Trinajstić information content (AvgIpc) is 3.03. The molecule has 0 aliphatic rings. The maximum absolute atomic E-state index is 5.92. The number of imidazole rings is 1. The average molecular weight is 336 g/mol. The summed E-state index contributed by atoms with van der Waals surface area (Å²) in [6.07, 6.45) is 5.46. The summed E-state index contributed by atoms with van der Waals surface area (Å²) in [5.41, 5.74) is 10.2. The van der Waals surface area contributed by atoms with E-state index < -0.39 is 0 Å². The molecule has 5 nitrogen and oxygen atoms in total. The lowest BCUT2D eigenvalue weighted by Crippen LogP contribution is -1.98. The monoisotopic (exact) mass is 335 g/mol. The summed E-state index contributed by atoms with van der Waals surface area (Å²) in [6.45, 7) is 0. The lowest BCUT2D eigenvalue weighted by atomic mass is 10.1. The van der Waals surface area contributed by atoms with Gasteiger partial charge in [0.1, 0.15) is 0 Å². The third-order valence-electron chi connectivity index (χ3n) is 3.74. The van der Waals surface area contributed by atoms with E-state index in [0.717, 1.165) is 28.3 Å². The molecule has 4 rings (SSSR count). The van der Waals surface area contributed by atoms with Gasteiger partial charge in [-0.25, -0.2) is 9.97 Å². The molecule has 2 aromatic carbocycles. The van der Waals surface area contributed by atoms with Crippen molar-refractivity contribution in [1.29, 1.82) is 0 Å². The van der Waals surface area contributed by atoms with E-state index in [2.05, 4.69) is 15.3 Å². The van der Waals surface area contributed by atoms with Crippen LogP contribution < -0.4 is 11.1 Å². The van der Waals surface area contributed by atoms with Gasteiger partial charge < -0.3 is 11.1 Å². The molecule has 0 amide bonds. The van der Waals surface area contributed by atoms with Crippen LogP contribution in [-0.2, 0) is 0 Å². The fourth-order valence-corrected chi connectivity index (χ4v) is 2.67. The lowest BCUT2D eigenvalue weighted by Gasteiger charge is -2.08. The van der Waals surface area contributed by atoms with Crippen LogP contribution in [0.25, 0.3) is 16.9 Å². The number of fused-ring (bicyclic) bond motifs is 1. The summed E-state index contributed by atoms with van der Waals surface area (Å²) in [6, 6.07) is 15.2. The van der Waals surface area contributed by atoms with Crippen molar-refractivity contribution >= 4 is 34.4 Å². The number of hydrogen-bond acceptors (Lipinski definition) is 4. The van der Waals surface area contributed by atoms with Crippen molar-refractivity contribution in [3.05, 3.63) is 72.1 Å². The van der Waals surface area contributed by atoms with Crippen molar-refractivity contribution in [2.45, 2.75) is 0 Å². The number of anilines is 3. The SMILES string of the molecule is Nc1ccc(-c2cnc3c(Nc4ccc(Cl)cc4)nccn23)cc1. The lowest BCUT2D eigenvalue weighted by molar-refractivity contribution is 1.13. The molecule has 4 aromatic rings. The van der Waals surface area contributed by atoms with Crippen molar-refractivity contribution in [3.63, 3.8) is 0 Å². The van der Waals surface area contributed by atoms with Crippen LogP contribution in [0.15, 0.2) is 67.1 Å². The van der Waals surface area contributed by atoms with Crippen LogP contribution in [0, 0.1) is 0 Å². The third-order valence-corrected chi connectivity index (χ3v) is 3.99. The summed E-state index contributed by atoms with van der Waals surface area (Å²) < 4.78 is 2.00. The van der Waals surface area contributed by atoms with E-state index in [-0.39, 0.29) is 0 Å². The molecule has 24 heavy (non-hydrogen) atoms. The van der Waals surface area contributed by atoms with Crippen molar-refractivity contribution in [3.8, 4) is 11.3 Å². The molecule has 6 heteroatoms. The Kier molecular flexibility index (Phi) is 3.55. The largest absolute Gasteiger partial charge is 0.399 e. The van der Waals surface area contributed by atoms with Gasteiger partial charge in [0.05, 0.1) is 11.9 Å². The Bertz CT molecular complexity index is 990. The minimum Gasteiger partial charge on any atom is -0.399 e. The van der Waals surface area contributed by atoms with Crippen LogP contribution in [0.4, 0.5) is 17.2 Å². The van der Waals surface area contributed by atoms with Gasteiger partial charge >= 0.3 is 0 Å². The van der Waals surface area contributed by atoms with E-state index in [1.165, 1.54) is 0 Å². The number of nitrogens with two attached hydrogens (primary N) is 1. The standard InChI is InChI=1S/C18H14ClN5/c19-13-3-7-15(8-4-13)23-17-18-22-11-16(24(18)10-9-21-17)12-1-5-14(20)6-2-12/h1-11H,20H2,(H,21,23). The van der Waals surface area contributed by atoms with Gasteiger partial charge in [0.15, 0.2) is 11.5 Å². The van der Waals surface area contributed by atoms with Gasteiger partial charge in [-0.3, -0.25) is 4.40 Å². The topological polar surface area (TPSA) is 68.2 Å². The predicted molar refractivity (Wildman–Crippen MR) is 97.6 cm³/mol. The van der Waals surface area contributed by atoms with Gasteiger partial charge in [0, 0.05) is 34.4 Å². The number of nitrogen functional groups attached to an aromatic ring is 1. The van der Waals surface area contributed by atoms with Crippen LogP contribution in [0.1, 0.15) is 0 Å². The quantitative estimate of drug-likeness (QED) is 0.545. The summed E-state index contributed by atoms with van der Waals surface area (Å²) in [5.74, 6) is 0.682. The van der Waals surface area contributed by atoms with Crippen LogP contribution in [-0.4, -0.2) is 14.4 Å². The molecular weight excluding hydrogens is 322 g/mol. The minimum absolute atomic E-state index is 0.682. The molecule has 0 aliphatic heterocycles. The molecule has 3 N–H and O–H groups in total. The van der Waals surface area contributed by atoms with Crippen LogP contribution >= 0.6 is 11.6 Å². The van der Waals surface area contributed by atoms with Gasteiger partial charge in [-0.15, -0.1) is 0 Å². The van der Waals surface area contributed by atoms with E-state index in [0.29, 0.717) is 10.8 Å². The Morgan fingerprint density at radius 3 is 2.46 bits per heavy atom. The van der Waals surface area contributed by atoms with Gasteiger partial charge in [-0.05, 0) is 36.4 Å². The van der Waals surface area contributed by atoms with Gasteiger partial charge in [-0.1, -0.05) is 23.7 Å². The highest BCUT2D eigenvalue weighted by atomic mass is 35.5. The van der Waals surface area contributed by atoms with Crippen LogP contribution in [0.5, 0.6) is 0 Å². The number of nitrogens with one attached hydrogen (secondary N) is 1. The molecule has 0 bridgehead atoms. The first kappa shape index (κ1) is 14.5. The number of rotatable bonds is 3. The molecule has 0 fully saturated rings. The summed E-state index contributed by atoms with van der Waals surface area (Å²) in [4.78, 5) is 8.91. The maximum Gasteiger partial charge on any atom is 0.180 e. The Balaban J connectivity index is 1.76. The number of nitrogens with zero attached hydrogens (tertiary/aromatic N) is 3. The molecule has 0 aliphatic carbocycles. The molecular formula is C18H14ClN5. The molecule has 0 radical (unpaired) electrons. The third kappa shape index (κ3) is 2.66. The van der Waals surface area contributed by atoms with Gasteiger partial charge in [0.25, 0.3) is 0 Å². The zero-order valence-electron chi connectivity index (χ0n) is 12.6. The first-order valence-electron chi connectivity index (χ1n) is 7.41. The zero-order valence-corrected chi connectivity index (χ0v) is 13.4. The first-order chi connectivity index (χ1) is 11.7. The zero-order chi connectivity index (χ0) is 16.5. The maximum atomic E-state index is 5.92. The van der Waals surface area contributed by atoms with E-state index in [1.54, 1.807) is 6.20 Å².